The first kappa shape index (κ1) is 20.6. The van der Waals surface area contributed by atoms with Crippen molar-refractivity contribution in [3.63, 3.8) is 0 Å². The van der Waals surface area contributed by atoms with Gasteiger partial charge in [0.25, 0.3) is 0 Å². The molecular weight excluding hydrogens is 412 g/mol. The summed E-state index contributed by atoms with van der Waals surface area (Å²) in [5.41, 5.74) is 12.6. The van der Waals surface area contributed by atoms with Crippen molar-refractivity contribution in [1.29, 1.82) is 0 Å². The van der Waals surface area contributed by atoms with Gasteiger partial charge in [0.05, 0.1) is 10.1 Å². The smallest absolute Gasteiger partial charge is 0.185 e. The van der Waals surface area contributed by atoms with E-state index in [9.17, 15) is 8.42 Å². The van der Waals surface area contributed by atoms with Crippen LogP contribution in [0.2, 0.25) is 0 Å². The maximum absolute atomic E-state index is 13.0. The minimum absolute atomic E-state index is 0.239. The van der Waals surface area contributed by atoms with E-state index in [0.29, 0.717) is 40.8 Å². The third kappa shape index (κ3) is 4.90. The molecule has 3 aromatic rings. The molecule has 4 N–H and O–H groups in total. The van der Waals surface area contributed by atoms with Crippen LogP contribution in [-0.2, 0) is 9.84 Å². The van der Waals surface area contributed by atoms with Crippen molar-refractivity contribution in [3.05, 3.63) is 96.8 Å². The van der Waals surface area contributed by atoms with Crippen LogP contribution in [0.4, 0.5) is 11.4 Å². The number of rotatable bonds is 6. The molecule has 3 aromatic carbocycles. The predicted molar refractivity (Wildman–Crippen MR) is 122 cm³/mol. The fourth-order valence-corrected chi connectivity index (χ4v) is 4.60. The molecule has 1 aliphatic carbocycles. The van der Waals surface area contributed by atoms with Crippen LogP contribution >= 0.6 is 0 Å². The van der Waals surface area contributed by atoms with Crippen LogP contribution in [-0.4, -0.2) is 13.7 Å². The minimum atomic E-state index is -3.53. The number of hydrogen-bond donors (Lipinski definition) is 2. The number of allylic oxidation sites excluding steroid dienone is 2. The van der Waals surface area contributed by atoms with Gasteiger partial charge in [-0.25, -0.2) is 8.42 Å². The fourth-order valence-electron chi connectivity index (χ4n) is 3.10. The maximum Gasteiger partial charge on any atom is 0.185 e. The lowest BCUT2D eigenvalue weighted by molar-refractivity contribution is 0.439. The van der Waals surface area contributed by atoms with Gasteiger partial charge in [0, 0.05) is 11.4 Å². The topological polar surface area (TPSA) is 105 Å². The number of nitrogen functional groups attached to an aromatic ring is 2. The van der Waals surface area contributed by atoms with Gasteiger partial charge in [-0.05, 0) is 91.4 Å². The number of nitrogens with two attached hydrogens (primary N) is 2. The number of sulfone groups is 1. The Morgan fingerprint density at radius 3 is 1.68 bits per heavy atom. The van der Waals surface area contributed by atoms with Crippen LogP contribution in [0, 0.1) is 0 Å². The highest BCUT2D eigenvalue weighted by Gasteiger charge is 2.26. The molecule has 0 aromatic heterocycles. The largest absolute Gasteiger partial charge is 0.458 e. The summed E-state index contributed by atoms with van der Waals surface area (Å²) in [6.07, 6.45) is 5.44. The Labute approximate surface area is 181 Å². The monoisotopic (exact) mass is 434 g/mol. The summed E-state index contributed by atoms with van der Waals surface area (Å²) in [5.74, 6) is 2.41. The predicted octanol–water partition coefficient (Wildman–Crippen LogP) is 4.71. The molecule has 0 amide bonds. The molecule has 158 valence electrons. The number of ether oxygens (including phenoxy) is 2. The van der Waals surface area contributed by atoms with Crippen molar-refractivity contribution >= 4 is 21.2 Å². The second kappa shape index (κ2) is 8.57. The zero-order valence-corrected chi connectivity index (χ0v) is 17.5. The van der Waals surface area contributed by atoms with E-state index in [0.717, 1.165) is 0 Å². The molecule has 0 spiro atoms. The van der Waals surface area contributed by atoms with E-state index in [2.05, 4.69) is 0 Å². The van der Waals surface area contributed by atoms with E-state index >= 15 is 0 Å². The van der Waals surface area contributed by atoms with Crippen LogP contribution in [0.5, 0.6) is 17.2 Å². The molecular formula is C24H22N2O4S. The van der Waals surface area contributed by atoms with Crippen molar-refractivity contribution in [2.24, 2.45) is 0 Å². The molecule has 0 saturated heterocycles. The van der Waals surface area contributed by atoms with Gasteiger partial charge in [0.1, 0.15) is 23.0 Å². The third-order valence-corrected chi connectivity index (χ3v) is 6.88. The van der Waals surface area contributed by atoms with Gasteiger partial charge in [0.2, 0.25) is 0 Å². The van der Waals surface area contributed by atoms with E-state index < -0.39 is 15.1 Å². The highest BCUT2D eigenvalue weighted by atomic mass is 32.2. The first-order valence-corrected chi connectivity index (χ1v) is 11.2. The fraction of sp³-hybridized carbons (Fsp3) is 0.0833. The lowest BCUT2D eigenvalue weighted by Gasteiger charge is -2.17. The standard InChI is InChI=1S/C24H22N2O4S/c25-17-1-5-19(6-2-17)29-21-9-13-23(14-10-21)31(27,28)24-15-11-22(12-16-24)30-20-7-3-18(26)4-8-20/h1-15,24H,16,25-26H2. The summed E-state index contributed by atoms with van der Waals surface area (Å²) >= 11 is 0. The number of anilines is 2. The molecule has 1 atom stereocenters. The third-order valence-electron chi connectivity index (χ3n) is 4.81. The zero-order chi connectivity index (χ0) is 21.8. The summed E-state index contributed by atoms with van der Waals surface area (Å²) in [4.78, 5) is 0.239. The average Bonchev–Trinajstić information content (AvgIpc) is 2.78. The Hall–Kier alpha value is -3.71. The summed E-state index contributed by atoms with van der Waals surface area (Å²) < 4.78 is 37.5. The molecule has 0 saturated carbocycles. The number of benzene rings is 3. The number of hydrogen-bond acceptors (Lipinski definition) is 6. The molecule has 4 rings (SSSR count). The van der Waals surface area contributed by atoms with Crippen molar-refractivity contribution in [2.45, 2.75) is 16.6 Å². The first-order chi connectivity index (χ1) is 14.9. The summed E-state index contributed by atoms with van der Waals surface area (Å²) in [5, 5.41) is -0.657. The second-order valence-electron chi connectivity index (χ2n) is 7.10. The molecule has 7 heteroatoms. The Bertz CT molecular complexity index is 1210. The van der Waals surface area contributed by atoms with E-state index in [4.69, 9.17) is 20.9 Å². The van der Waals surface area contributed by atoms with Crippen LogP contribution < -0.4 is 20.9 Å². The molecule has 0 aliphatic heterocycles. The Morgan fingerprint density at radius 2 is 1.19 bits per heavy atom. The lowest BCUT2D eigenvalue weighted by Crippen LogP contribution is -2.21. The molecule has 31 heavy (non-hydrogen) atoms. The van der Waals surface area contributed by atoms with Gasteiger partial charge in [-0.15, -0.1) is 0 Å². The quantitative estimate of drug-likeness (QED) is 0.545. The normalized spacial score (nSPS) is 15.9. The maximum atomic E-state index is 13.0. The van der Waals surface area contributed by atoms with E-state index in [1.54, 1.807) is 91.0 Å². The van der Waals surface area contributed by atoms with Gasteiger partial charge in [-0.2, -0.15) is 0 Å². The van der Waals surface area contributed by atoms with E-state index in [-0.39, 0.29) is 4.90 Å². The molecule has 0 fully saturated rings. The molecule has 0 heterocycles. The highest BCUT2D eigenvalue weighted by molar-refractivity contribution is 7.92. The lowest BCUT2D eigenvalue weighted by atomic mass is 10.1. The van der Waals surface area contributed by atoms with Gasteiger partial charge in [-0.3, -0.25) is 0 Å². The highest BCUT2D eigenvalue weighted by Crippen LogP contribution is 2.28. The van der Waals surface area contributed by atoms with Crippen molar-refractivity contribution in [1.82, 2.24) is 0 Å². The molecule has 0 bridgehead atoms. The molecule has 1 aliphatic rings. The minimum Gasteiger partial charge on any atom is -0.458 e. The summed E-state index contributed by atoms with van der Waals surface area (Å²) in [6.45, 7) is 0. The van der Waals surface area contributed by atoms with Crippen molar-refractivity contribution in [2.75, 3.05) is 11.5 Å². The molecule has 6 nitrogen and oxygen atoms in total. The SMILES string of the molecule is Nc1ccc(OC2=CCC(S(=O)(=O)c3ccc(Oc4ccc(N)cc4)cc3)C=C2)cc1. The van der Waals surface area contributed by atoms with Gasteiger partial charge >= 0.3 is 0 Å². The van der Waals surface area contributed by atoms with E-state index in [1.807, 2.05) is 0 Å². The average molecular weight is 435 g/mol. The van der Waals surface area contributed by atoms with Gasteiger partial charge in [0.15, 0.2) is 9.84 Å². The molecule has 0 radical (unpaired) electrons. The Balaban J connectivity index is 1.41. The van der Waals surface area contributed by atoms with Crippen LogP contribution in [0.1, 0.15) is 6.42 Å². The first-order valence-electron chi connectivity index (χ1n) is 9.69. The van der Waals surface area contributed by atoms with Crippen LogP contribution in [0.25, 0.3) is 0 Å². The van der Waals surface area contributed by atoms with E-state index in [1.165, 1.54) is 0 Å². The Morgan fingerprint density at radius 1 is 0.710 bits per heavy atom. The zero-order valence-electron chi connectivity index (χ0n) is 16.6. The van der Waals surface area contributed by atoms with Gasteiger partial charge in [-0.1, -0.05) is 6.08 Å². The van der Waals surface area contributed by atoms with Crippen LogP contribution in [0.15, 0.2) is 102 Å². The second-order valence-corrected chi connectivity index (χ2v) is 9.27. The van der Waals surface area contributed by atoms with Crippen LogP contribution in [0.3, 0.4) is 0 Å². The van der Waals surface area contributed by atoms with Crippen molar-refractivity contribution < 1.29 is 17.9 Å². The summed E-state index contributed by atoms with van der Waals surface area (Å²) in [7, 11) is -3.53. The Kier molecular flexibility index (Phi) is 5.68. The van der Waals surface area contributed by atoms with Gasteiger partial charge < -0.3 is 20.9 Å². The van der Waals surface area contributed by atoms with Crippen molar-refractivity contribution in [3.8, 4) is 17.2 Å². The molecule has 1 unspecified atom stereocenters. The summed E-state index contributed by atoms with van der Waals surface area (Å²) in [6, 6.07) is 20.4.